The van der Waals surface area contributed by atoms with Crippen molar-refractivity contribution in [1.29, 1.82) is 0 Å². The molecule has 0 aromatic carbocycles. The highest BCUT2D eigenvalue weighted by molar-refractivity contribution is 5.80. The van der Waals surface area contributed by atoms with Crippen molar-refractivity contribution in [2.45, 2.75) is 32.6 Å². The van der Waals surface area contributed by atoms with Gasteiger partial charge in [0.05, 0.1) is 0 Å². The first-order valence-electron chi connectivity index (χ1n) is 6.33. The number of aliphatic carboxylic acids is 1. The van der Waals surface area contributed by atoms with Crippen LogP contribution in [0.15, 0.2) is 60.8 Å². The molecule has 0 saturated heterocycles. The summed E-state index contributed by atoms with van der Waals surface area (Å²) >= 11 is 0. The van der Waals surface area contributed by atoms with Crippen molar-refractivity contribution in [3.05, 3.63) is 60.8 Å². The summed E-state index contributed by atoms with van der Waals surface area (Å²) in [5, 5.41) is 8.33. The van der Waals surface area contributed by atoms with Crippen LogP contribution in [0.4, 0.5) is 0 Å². The lowest BCUT2D eigenvalue weighted by Gasteiger charge is -1.89. The fourth-order valence-corrected chi connectivity index (χ4v) is 1.21. The summed E-state index contributed by atoms with van der Waals surface area (Å²) in [6.07, 6.45) is 22.9. The summed E-state index contributed by atoms with van der Waals surface area (Å²) in [4.78, 5) is 10.1. The molecule has 0 atom stereocenters. The van der Waals surface area contributed by atoms with Crippen LogP contribution in [-0.2, 0) is 4.79 Å². The number of allylic oxidation sites excluding steroid dienone is 9. The molecule has 0 rings (SSSR count). The highest BCUT2D eigenvalue weighted by Gasteiger charge is 1.80. The molecule has 2 heteroatoms. The molecule has 0 radical (unpaired) electrons. The number of hydrogen-bond donors (Lipinski definition) is 1. The molecule has 18 heavy (non-hydrogen) atoms. The lowest BCUT2D eigenvalue weighted by atomic mass is 10.2. The molecule has 0 saturated carbocycles. The molecule has 1 N–H and O–H groups in total. The topological polar surface area (TPSA) is 37.3 Å². The molecule has 98 valence electrons. The second-order valence-electron chi connectivity index (χ2n) is 3.78. The summed E-state index contributed by atoms with van der Waals surface area (Å²) in [6.45, 7) is 2.20. The maximum Gasteiger partial charge on any atom is 0.328 e. The van der Waals surface area contributed by atoms with Gasteiger partial charge >= 0.3 is 5.97 Å². The Morgan fingerprint density at radius 1 is 0.889 bits per heavy atom. The molecule has 0 heterocycles. The van der Waals surface area contributed by atoms with Crippen LogP contribution in [0.25, 0.3) is 0 Å². The quantitative estimate of drug-likeness (QED) is 0.371. The third kappa shape index (κ3) is 14.2. The summed E-state index contributed by atoms with van der Waals surface area (Å²) in [6, 6.07) is 0. The van der Waals surface area contributed by atoms with Crippen molar-refractivity contribution in [3.63, 3.8) is 0 Å². The molecule has 0 aliphatic heterocycles. The fourth-order valence-electron chi connectivity index (χ4n) is 1.21. The zero-order valence-corrected chi connectivity index (χ0v) is 11.0. The van der Waals surface area contributed by atoms with Crippen LogP contribution < -0.4 is 0 Å². The van der Waals surface area contributed by atoms with Gasteiger partial charge in [-0.2, -0.15) is 0 Å². The van der Waals surface area contributed by atoms with Crippen molar-refractivity contribution in [2.75, 3.05) is 0 Å². The number of unbranched alkanes of at least 4 members (excludes halogenated alkanes) is 3. The molecule has 0 spiro atoms. The minimum atomic E-state index is -0.934. The maximum atomic E-state index is 10.1. The zero-order valence-electron chi connectivity index (χ0n) is 11.0. The molecule has 0 amide bonds. The highest BCUT2D eigenvalue weighted by atomic mass is 16.4. The van der Waals surface area contributed by atoms with Gasteiger partial charge in [0, 0.05) is 6.08 Å². The van der Waals surface area contributed by atoms with E-state index < -0.39 is 5.97 Å². The first-order chi connectivity index (χ1) is 8.77. The molecule has 0 bridgehead atoms. The number of carboxylic acids is 1. The largest absolute Gasteiger partial charge is 0.478 e. The second-order valence-corrected chi connectivity index (χ2v) is 3.78. The van der Waals surface area contributed by atoms with E-state index in [1.54, 1.807) is 12.2 Å². The molecular formula is C16H22O2. The van der Waals surface area contributed by atoms with E-state index in [2.05, 4.69) is 13.0 Å². The van der Waals surface area contributed by atoms with Gasteiger partial charge in [0.2, 0.25) is 0 Å². The van der Waals surface area contributed by atoms with E-state index in [9.17, 15) is 4.79 Å². The molecule has 0 fully saturated rings. The van der Waals surface area contributed by atoms with Gasteiger partial charge in [-0.05, 0) is 12.8 Å². The summed E-state index contributed by atoms with van der Waals surface area (Å²) < 4.78 is 0. The van der Waals surface area contributed by atoms with E-state index in [1.165, 1.54) is 25.3 Å². The summed E-state index contributed by atoms with van der Waals surface area (Å²) in [7, 11) is 0. The fraction of sp³-hybridized carbons (Fsp3) is 0.312. The van der Waals surface area contributed by atoms with Crippen LogP contribution in [0.1, 0.15) is 32.6 Å². The number of carbonyl (C=O) groups is 1. The highest BCUT2D eigenvalue weighted by Crippen LogP contribution is 1.99. The van der Waals surface area contributed by atoms with Gasteiger partial charge in [-0.1, -0.05) is 74.4 Å². The molecule has 0 aliphatic carbocycles. The van der Waals surface area contributed by atoms with E-state index in [0.29, 0.717) is 0 Å². The lowest BCUT2D eigenvalue weighted by Crippen LogP contribution is -1.84. The molecule has 0 aromatic rings. The minimum absolute atomic E-state index is 0.934. The van der Waals surface area contributed by atoms with Crippen molar-refractivity contribution in [3.8, 4) is 0 Å². The molecule has 2 nitrogen and oxygen atoms in total. The van der Waals surface area contributed by atoms with Crippen molar-refractivity contribution < 1.29 is 9.90 Å². The number of rotatable bonds is 9. The van der Waals surface area contributed by atoms with Crippen molar-refractivity contribution in [2.24, 2.45) is 0 Å². The van der Waals surface area contributed by atoms with Gasteiger partial charge in [-0.3, -0.25) is 0 Å². The predicted octanol–water partition coefficient (Wildman–Crippen LogP) is 4.43. The van der Waals surface area contributed by atoms with Gasteiger partial charge in [-0.15, -0.1) is 0 Å². The van der Waals surface area contributed by atoms with Gasteiger partial charge in [-0.25, -0.2) is 4.79 Å². The smallest absolute Gasteiger partial charge is 0.328 e. The Balaban J connectivity index is 3.65. The van der Waals surface area contributed by atoms with E-state index in [0.717, 1.165) is 12.5 Å². The Bertz CT molecular complexity index is 344. The molecular weight excluding hydrogens is 224 g/mol. The van der Waals surface area contributed by atoms with Crippen LogP contribution >= 0.6 is 0 Å². The van der Waals surface area contributed by atoms with Crippen LogP contribution in [0.5, 0.6) is 0 Å². The average molecular weight is 246 g/mol. The summed E-state index contributed by atoms with van der Waals surface area (Å²) in [5.74, 6) is -0.934. The molecule has 0 unspecified atom stereocenters. The van der Waals surface area contributed by atoms with Crippen LogP contribution in [0.2, 0.25) is 0 Å². The Morgan fingerprint density at radius 2 is 1.44 bits per heavy atom. The Kier molecular flexibility index (Phi) is 11.9. The SMILES string of the molecule is CCCCC/C=C/C=C/C=C/C=C/C=C/C(=O)O. The third-order valence-corrected chi connectivity index (χ3v) is 2.13. The standard InChI is InChI=1S/C16H22O2/c1-2-3-4-5-6-7-8-9-10-11-12-13-14-15-16(17)18/h6-15H,2-5H2,1H3,(H,17,18)/b7-6+,9-8+,11-10+,13-12+,15-14+. The van der Waals surface area contributed by atoms with Crippen molar-refractivity contribution in [1.82, 2.24) is 0 Å². The molecule has 0 aliphatic rings. The van der Waals surface area contributed by atoms with Crippen LogP contribution in [0, 0.1) is 0 Å². The summed E-state index contributed by atoms with van der Waals surface area (Å²) in [5.41, 5.74) is 0. The zero-order chi connectivity index (χ0) is 13.5. The minimum Gasteiger partial charge on any atom is -0.478 e. The first kappa shape index (κ1) is 16.2. The maximum absolute atomic E-state index is 10.1. The van der Waals surface area contributed by atoms with Gasteiger partial charge in [0.15, 0.2) is 0 Å². The van der Waals surface area contributed by atoms with E-state index in [-0.39, 0.29) is 0 Å². The van der Waals surface area contributed by atoms with E-state index in [1.807, 2.05) is 30.4 Å². The van der Waals surface area contributed by atoms with Crippen LogP contribution in [0.3, 0.4) is 0 Å². The van der Waals surface area contributed by atoms with Crippen molar-refractivity contribution >= 4 is 5.97 Å². The monoisotopic (exact) mass is 246 g/mol. The Hall–Kier alpha value is -1.83. The third-order valence-electron chi connectivity index (χ3n) is 2.13. The predicted molar refractivity (Wildman–Crippen MR) is 77.5 cm³/mol. The van der Waals surface area contributed by atoms with Gasteiger partial charge < -0.3 is 5.11 Å². The van der Waals surface area contributed by atoms with Gasteiger partial charge in [0.1, 0.15) is 0 Å². The average Bonchev–Trinajstić information content (AvgIpc) is 2.34. The van der Waals surface area contributed by atoms with Gasteiger partial charge in [0.25, 0.3) is 0 Å². The number of carboxylic acid groups (broad SMARTS) is 1. The Labute approximate surface area is 110 Å². The lowest BCUT2D eigenvalue weighted by molar-refractivity contribution is -0.131. The number of hydrogen-bond acceptors (Lipinski definition) is 1. The van der Waals surface area contributed by atoms with E-state index in [4.69, 9.17) is 5.11 Å². The normalized spacial score (nSPS) is 12.9. The van der Waals surface area contributed by atoms with E-state index >= 15 is 0 Å². The second kappa shape index (κ2) is 13.2. The molecule has 0 aromatic heterocycles. The first-order valence-corrected chi connectivity index (χ1v) is 6.33. The van der Waals surface area contributed by atoms with Crippen LogP contribution in [-0.4, -0.2) is 11.1 Å². The Morgan fingerprint density at radius 3 is 2.00 bits per heavy atom.